The van der Waals surface area contributed by atoms with Crippen molar-refractivity contribution in [2.24, 2.45) is 0 Å². The first kappa shape index (κ1) is 11.0. The Morgan fingerprint density at radius 3 is 3.00 bits per heavy atom. The van der Waals surface area contributed by atoms with Crippen molar-refractivity contribution in [2.45, 2.75) is 25.2 Å². The Kier molecular flexibility index (Phi) is 3.67. The van der Waals surface area contributed by atoms with Gasteiger partial charge in [0, 0.05) is 5.92 Å². The summed E-state index contributed by atoms with van der Waals surface area (Å²) in [6.07, 6.45) is 6.16. The first-order chi connectivity index (χ1) is 7.31. The fraction of sp³-hybridized carbons (Fsp3) is 0.385. The fourth-order valence-corrected chi connectivity index (χ4v) is 3.01. The average Bonchev–Trinajstić information content (AvgIpc) is 2.30. The van der Waals surface area contributed by atoms with Crippen molar-refractivity contribution >= 4 is 22.6 Å². The third-order valence-electron chi connectivity index (χ3n) is 2.87. The summed E-state index contributed by atoms with van der Waals surface area (Å²) in [5.41, 5.74) is 1.38. The Morgan fingerprint density at radius 2 is 2.27 bits per heavy atom. The molecule has 2 heteroatoms. The number of benzene rings is 1. The second-order valence-corrected chi connectivity index (χ2v) is 5.09. The molecule has 1 aliphatic carbocycles. The third kappa shape index (κ3) is 2.54. The number of rotatable bonds is 2. The molecule has 15 heavy (non-hydrogen) atoms. The lowest BCUT2D eigenvalue weighted by Crippen LogP contribution is -2.03. The van der Waals surface area contributed by atoms with Crippen molar-refractivity contribution in [1.82, 2.24) is 0 Å². The van der Waals surface area contributed by atoms with E-state index < -0.39 is 0 Å². The Balaban J connectivity index is 2.28. The molecule has 0 N–H and O–H groups in total. The molecule has 0 amide bonds. The highest BCUT2D eigenvalue weighted by Crippen LogP contribution is 2.38. The predicted molar refractivity (Wildman–Crippen MR) is 71.7 cm³/mol. The summed E-state index contributed by atoms with van der Waals surface area (Å²) in [6, 6.07) is 8.43. The van der Waals surface area contributed by atoms with Crippen LogP contribution in [0.3, 0.4) is 0 Å². The minimum absolute atomic E-state index is 0.592. The second kappa shape index (κ2) is 5.01. The van der Waals surface area contributed by atoms with Gasteiger partial charge in [0.25, 0.3) is 0 Å². The van der Waals surface area contributed by atoms with Crippen LogP contribution in [0.1, 0.15) is 30.7 Å². The highest BCUT2D eigenvalue weighted by Gasteiger charge is 2.17. The van der Waals surface area contributed by atoms with Gasteiger partial charge >= 0.3 is 0 Å². The van der Waals surface area contributed by atoms with Gasteiger partial charge in [-0.25, -0.2) is 0 Å². The molecule has 1 nitrogen and oxygen atoms in total. The SMILES string of the molecule is COc1cccc([C@H]2CCCC=C2I)c1. The number of halogens is 1. The van der Waals surface area contributed by atoms with Crippen molar-refractivity contribution in [3.63, 3.8) is 0 Å². The van der Waals surface area contributed by atoms with E-state index in [1.165, 1.54) is 28.4 Å². The van der Waals surface area contributed by atoms with E-state index >= 15 is 0 Å². The molecule has 0 heterocycles. The predicted octanol–water partition coefficient (Wildman–Crippen LogP) is 4.28. The van der Waals surface area contributed by atoms with E-state index in [9.17, 15) is 0 Å². The van der Waals surface area contributed by atoms with E-state index in [-0.39, 0.29) is 0 Å². The Morgan fingerprint density at radius 1 is 1.40 bits per heavy atom. The molecule has 0 fully saturated rings. The first-order valence-electron chi connectivity index (χ1n) is 5.31. The topological polar surface area (TPSA) is 9.23 Å². The van der Waals surface area contributed by atoms with Crippen molar-refractivity contribution in [3.05, 3.63) is 39.5 Å². The van der Waals surface area contributed by atoms with E-state index in [4.69, 9.17) is 4.74 Å². The number of allylic oxidation sites excluding steroid dienone is 2. The van der Waals surface area contributed by atoms with Crippen molar-refractivity contribution in [1.29, 1.82) is 0 Å². The molecule has 0 aromatic heterocycles. The highest BCUT2D eigenvalue weighted by molar-refractivity contribution is 14.1. The standard InChI is InChI=1S/C13H15IO/c1-15-11-6-4-5-10(9-11)12-7-2-3-8-13(12)14/h4-6,8-9,12H,2-3,7H2,1H3/t12-/m1/s1. The highest BCUT2D eigenvalue weighted by atomic mass is 127. The van der Waals surface area contributed by atoms with Gasteiger partial charge in [-0.2, -0.15) is 0 Å². The molecule has 2 rings (SSSR count). The van der Waals surface area contributed by atoms with Gasteiger partial charge in [0.2, 0.25) is 0 Å². The molecule has 0 radical (unpaired) electrons. The summed E-state index contributed by atoms with van der Waals surface area (Å²) in [4.78, 5) is 0. The zero-order valence-electron chi connectivity index (χ0n) is 8.87. The van der Waals surface area contributed by atoms with Crippen LogP contribution in [0, 0.1) is 0 Å². The van der Waals surface area contributed by atoms with Crippen molar-refractivity contribution in [2.75, 3.05) is 7.11 Å². The Labute approximate surface area is 105 Å². The minimum Gasteiger partial charge on any atom is -0.497 e. The number of hydrogen-bond acceptors (Lipinski definition) is 1. The van der Waals surface area contributed by atoms with Crippen molar-refractivity contribution < 1.29 is 4.74 Å². The van der Waals surface area contributed by atoms with Crippen LogP contribution in [-0.2, 0) is 0 Å². The zero-order chi connectivity index (χ0) is 10.7. The monoisotopic (exact) mass is 314 g/mol. The summed E-state index contributed by atoms with van der Waals surface area (Å²) in [5, 5.41) is 0. The first-order valence-corrected chi connectivity index (χ1v) is 6.38. The van der Waals surface area contributed by atoms with Crippen LogP contribution in [0.25, 0.3) is 0 Å². The van der Waals surface area contributed by atoms with Crippen molar-refractivity contribution in [3.8, 4) is 5.75 Å². The largest absolute Gasteiger partial charge is 0.497 e. The summed E-state index contributed by atoms with van der Waals surface area (Å²) in [6.45, 7) is 0. The molecule has 0 saturated heterocycles. The summed E-state index contributed by atoms with van der Waals surface area (Å²) in [5.74, 6) is 1.55. The fourth-order valence-electron chi connectivity index (χ4n) is 2.03. The zero-order valence-corrected chi connectivity index (χ0v) is 11.0. The smallest absolute Gasteiger partial charge is 0.119 e. The van der Waals surface area contributed by atoms with Gasteiger partial charge in [-0.15, -0.1) is 0 Å². The molecule has 1 atom stereocenters. The van der Waals surface area contributed by atoms with Crippen LogP contribution in [0.5, 0.6) is 5.75 Å². The lowest BCUT2D eigenvalue weighted by Gasteiger charge is -2.21. The van der Waals surface area contributed by atoms with Gasteiger partial charge in [0.15, 0.2) is 0 Å². The molecule has 0 saturated carbocycles. The maximum absolute atomic E-state index is 5.26. The summed E-state index contributed by atoms with van der Waals surface area (Å²) >= 11 is 2.47. The molecule has 0 spiro atoms. The molecule has 0 bridgehead atoms. The summed E-state index contributed by atoms with van der Waals surface area (Å²) < 4.78 is 6.74. The normalized spacial score (nSPS) is 20.9. The quantitative estimate of drug-likeness (QED) is 0.740. The number of methoxy groups -OCH3 is 1. The average molecular weight is 314 g/mol. The minimum atomic E-state index is 0.592. The summed E-state index contributed by atoms with van der Waals surface area (Å²) in [7, 11) is 1.72. The molecule has 0 aliphatic heterocycles. The van der Waals surface area contributed by atoms with Gasteiger partial charge in [0.1, 0.15) is 5.75 Å². The molecule has 1 aromatic carbocycles. The molecule has 1 aromatic rings. The molecular weight excluding hydrogens is 299 g/mol. The second-order valence-electron chi connectivity index (χ2n) is 3.85. The van der Waals surface area contributed by atoms with E-state index in [0.29, 0.717) is 5.92 Å². The Hall–Kier alpha value is -0.510. The van der Waals surface area contributed by atoms with Gasteiger partial charge in [-0.3, -0.25) is 0 Å². The van der Waals surface area contributed by atoms with Gasteiger partial charge < -0.3 is 4.74 Å². The number of ether oxygens (including phenoxy) is 1. The van der Waals surface area contributed by atoms with E-state index in [1.807, 2.05) is 6.07 Å². The van der Waals surface area contributed by atoms with Crippen LogP contribution in [-0.4, -0.2) is 7.11 Å². The van der Waals surface area contributed by atoms with E-state index in [2.05, 4.69) is 46.9 Å². The maximum Gasteiger partial charge on any atom is 0.119 e. The van der Waals surface area contributed by atoms with Gasteiger partial charge in [-0.1, -0.05) is 18.2 Å². The van der Waals surface area contributed by atoms with Crippen LogP contribution in [0.4, 0.5) is 0 Å². The molecule has 0 unspecified atom stereocenters. The lowest BCUT2D eigenvalue weighted by molar-refractivity contribution is 0.414. The van der Waals surface area contributed by atoms with Crippen LogP contribution in [0.15, 0.2) is 33.9 Å². The maximum atomic E-state index is 5.26. The lowest BCUT2D eigenvalue weighted by atomic mass is 9.89. The van der Waals surface area contributed by atoms with E-state index in [0.717, 1.165) is 5.75 Å². The molecular formula is C13H15IO. The van der Waals surface area contributed by atoms with Crippen LogP contribution < -0.4 is 4.74 Å². The molecule has 1 aliphatic rings. The van der Waals surface area contributed by atoms with Gasteiger partial charge in [-0.05, 0) is 63.1 Å². The molecule has 80 valence electrons. The van der Waals surface area contributed by atoms with E-state index in [1.54, 1.807) is 7.11 Å². The Bertz CT molecular complexity index is 371. The third-order valence-corrected chi connectivity index (χ3v) is 4.06. The van der Waals surface area contributed by atoms with Crippen LogP contribution >= 0.6 is 22.6 Å². The van der Waals surface area contributed by atoms with Gasteiger partial charge in [0.05, 0.1) is 7.11 Å². The number of hydrogen-bond donors (Lipinski definition) is 0. The van der Waals surface area contributed by atoms with Crippen LogP contribution in [0.2, 0.25) is 0 Å².